The van der Waals surface area contributed by atoms with E-state index in [1.165, 1.54) is 0 Å². The average molecular weight is 201 g/mol. The smallest absolute Gasteiger partial charge is 0.131 e. The lowest BCUT2D eigenvalue weighted by molar-refractivity contribution is 0.201. The molecule has 3 nitrogen and oxygen atoms in total. The summed E-state index contributed by atoms with van der Waals surface area (Å²) in [6.45, 7) is 2.29. The topological polar surface area (TPSA) is 36.4 Å². The third-order valence-electron chi connectivity index (χ3n) is 1.63. The Morgan fingerprint density at radius 1 is 1.62 bits per heavy atom. The van der Waals surface area contributed by atoms with Crippen LogP contribution in [0.5, 0.6) is 0 Å². The first-order valence-electron chi connectivity index (χ1n) is 4.11. The van der Waals surface area contributed by atoms with Crippen LogP contribution >= 0.6 is 11.6 Å². The molecule has 1 atom stereocenters. The van der Waals surface area contributed by atoms with Crippen LogP contribution in [0.15, 0.2) is 18.2 Å². The second-order valence-corrected chi connectivity index (χ2v) is 3.44. The van der Waals surface area contributed by atoms with Gasteiger partial charge < -0.3 is 10.0 Å². The van der Waals surface area contributed by atoms with E-state index >= 15 is 0 Å². The molecule has 1 rings (SSSR count). The van der Waals surface area contributed by atoms with E-state index in [4.69, 9.17) is 16.7 Å². The second kappa shape index (κ2) is 4.44. The van der Waals surface area contributed by atoms with Gasteiger partial charge in [-0.2, -0.15) is 0 Å². The maximum absolute atomic E-state index is 9.15. The molecule has 1 aromatic heterocycles. The Hall–Kier alpha value is -0.800. The highest BCUT2D eigenvalue weighted by molar-refractivity contribution is 6.29. The first kappa shape index (κ1) is 10.3. The van der Waals surface area contributed by atoms with Gasteiger partial charge in [-0.25, -0.2) is 4.98 Å². The molecule has 0 radical (unpaired) electrons. The number of aliphatic hydroxyl groups excluding tert-OH is 1. The van der Waals surface area contributed by atoms with Gasteiger partial charge in [0.1, 0.15) is 11.0 Å². The first-order chi connectivity index (χ1) is 6.09. The zero-order chi connectivity index (χ0) is 9.84. The number of rotatable bonds is 3. The number of anilines is 1. The fourth-order valence-corrected chi connectivity index (χ4v) is 1.26. The molecule has 0 aliphatic heterocycles. The molecule has 0 fully saturated rings. The summed E-state index contributed by atoms with van der Waals surface area (Å²) in [5.74, 6) is 0.772. The van der Waals surface area contributed by atoms with Gasteiger partial charge in [-0.05, 0) is 19.1 Å². The standard InChI is InChI=1S/C9H13ClN2O/c1-7(13)6-12(2)9-5-3-4-8(10)11-9/h3-5,7,13H,6H2,1-2H3/t7-/m0/s1. The number of nitrogens with zero attached hydrogens (tertiary/aromatic N) is 2. The molecule has 0 aliphatic rings. The van der Waals surface area contributed by atoms with Gasteiger partial charge in [0.25, 0.3) is 0 Å². The molecule has 13 heavy (non-hydrogen) atoms. The van der Waals surface area contributed by atoms with Crippen molar-refractivity contribution in [3.05, 3.63) is 23.4 Å². The highest BCUT2D eigenvalue weighted by Crippen LogP contribution is 2.12. The number of pyridine rings is 1. The quantitative estimate of drug-likeness (QED) is 0.753. The molecule has 72 valence electrons. The van der Waals surface area contributed by atoms with Crippen molar-refractivity contribution < 1.29 is 5.11 Å². The summed E-state index contributed by atoms with van der Waals surface area (Å²) < 4.78 is 0. The predicted molar refractivity (Wildman–Crippen MR) is 54.2 cm³/mol. The number of halogens is 1. The number of likely N-dealkylation sites (N-methyl/N-ethyl adjacent to an activating group) is 1. The van der Waals surface area contributed by atoms with E-state index in [1.54, 1.807) is 13.0 Å². The summed E-state index contributed by atoms with van der Waals surface area (Å²) in [6, 6.07) is 5.42. The van der Waals surface area contributed by atoms with Crippen molar-refractivity contribution in [3.8, 4) is 0 Å². The maximum atomic E-state index is 9.15. The predicted octanol–water partition coefficient (Wildman–Crippen LogP) is 1.55. The molecule has 1 aromatic rings. The zero-order valence-corrected chi connectivity index (χ0v) is 8.49. The van der Waals surface area contributed by atoms with E-state index in [1.807, 2.05) is 24.1 Å². The van der Waals surface area contributed by atoms with E-state index in [0.717, 1.165) is 5.82 Å². The van der Waals surface area contributed by atoms with E-state index in [2.05, 4.69) is 4.98 Å². The minimum Gasteiger partial charge on any atom is -0.392 e. The van der Waals surface area contributed by atoms with Gasteiger partial charge in [-0.1, -0.05) is 17.7 Å². The molecule has 0 amide bonds. The fraction of sp³-hybridized carbons (Fsp3) is 0.444. The lowest BCUT2D eigenvalue weighted by Crippen LogP contribution is -2.27. The number of aliphatic hydroxyl groups is 1. The van der Waals surface area contributed by atoms with Crippen LogP contribution in [0.2, 0.25) is 5.15 Å². The van der Waals surface area contributed by atoms with E-state index in [-0.39, 0.29) is 6.10 Å². The van der Waals surface area contributed by atoms with Gasteiger partial charge in [0.2, 0.25) is 0 Å². The van der Waals surface area contributed by atoms with Gasteiger partial charge in [-0.3, -0.25) is 0 Å². The Bertz CT molecular complexity index is 278. The first-order valence-corrected chi connectivity index (χ1v) is 4.49. The molecule has 0 saturated carbocycles. The van der Waals surface area contributed by atoms with Crippen LogP contribution in [0.3, 0.4) is 0 Å². The minimum atomic E-state index is -0.370. The Kier molecular flexibility index (Phi) is 3.51. The van der Waals surface area contributed by atoms with Crippen LogP contribution in [-0.2, 0) is 0 Å². The molecule has 4 heteroatoms. The third-order valence-corrected chi connectivity index (χ3v) is 1.84. The molecule has 0 aliphatic carbocycles. The van der Waals surface area contributed by atoms with Gasteiger partial charge >= 0.3 is 0 Å². The highest BCUT2D eigenvalue weighted by atomic mass is 35.5. The van der Waals surface area contributed by atoms with E-state index in [0.29, 0.717) is 11.7 Å². The minimum absolute atomic E-state index is 0.370. The van der Waals surface area contributed by atoms with E-state index < -0.39 is 0 Å². The molecule has 0 saturated heterocycles. The molecule has 0 aromatic carbocycles. The summed E-state index contributed by atoms with van der Waals surface area (Å²) in [7, 11) is 1.87. The summed E-state index contributed by atoms with van der Waals surface area (Å²) in [4.78, 5) is 5.96. The third kappa shape index (κ3) is 3.20. The van der Waals surface area contributed by atoms with Crippen molar-refractivity contribution in [2.75, 3.05) is 18.5 Å². The highest BCUT2D eigenvalue weighted by Gasteiger charge is 2.05. The molecule has 0 bridgehead atoms. The molecule has 1 N–H and O–H groups in total. The normalized spacial score (nSPS) is 12.6. The van der Waals surface area contributed by atoms with Crippen molar-refractivity contribution in [1.29, 1.82) is 0 Å². The Labute approximate surface area is 83.0 Å². The van der Waals surface area contributed by atoms with Crippen LogP contribution in [0.4, 0.5) is 5.82 Å². The van der Waals surface area contributed by atoms with Gasteiger partial charge in [-0.15, -0.1) is 0 Å². The lowest BCUT2D eigenvalue weighted by Gasteiger charge is -2.19. The fourth-order valence-electron chi connectivity index (χ4n) is 1.10. The number of hydrogen-bond donors (Lipinski definition) is 1. The summed E-state index contributed by atoms with van der Waals surface area (Å²) in [5.41, 5.74) is 0. The van der Waals surface area contributed by atoms with Crippen LogP contribution < -0.4 is 4.90 Å². The van der Waals surface area contributed by atoms with Crippen LogP contribution in [0, 0.1) is 0 Å². The SMILES string of the molecule is C[C@H](O)CN(C)c1cccc(Cl)n1. The molecular weight excluding hydrogens is 188 g/mol. The largest absolute Gasteiger partial charge is 0.392 e. The van der Waals surface area contributed by atoms with Crippen molar-refractivity contribution in [2.24, 2.45) is 0 Å². The summed E-state index contributed by atoms with van der Waals surface area (Å²) in [6.07, 6.45) is -0.370. The van der Waals surface area contributed by atoms with Gasteiger partial charge in [0.05, 0.1) is 6.10 Å². The van der Waals surface area contributed by atoms with Crippen LogP contribution in [0.1, 0.15) is 6.92 Å². The van der Waals surface area contributed by atoms with Crippen molar-refractivity contribution >= 4 is 17.4 Å². The zero-order valence-electron chi connectivity index (χ0n) is 7.74. The van der Waals surface area contributed by atoms with Crippen LogP contribution in [-0.4, -0.2) is 29.8 Å². The number of hydrogen-bond acceptors (Lipinski definition) is 3. The van der Waals surface area contributed by atoms with Crippen molar-refractivity contribution in [1.82, 2.24) is 4.98 Å². The van der Waals surface area contributed by atoms with Crippen molar-refractivity contribution in [2.45, 2.75) is 13.0 Å². The second-order valence-electron chi connectivity index (χ2n) is 3.05. The molecular formula is C9H13ClN2O. The molecule has 0 spiro atoms. The average Bonchev–Trinajstić information content (AvgIpc) is 2.03. The molecule has 1 heterocycles. The van der Waals surface area contributed by atoms with Gasteiger partial charge in [0, 0.05) is 13.6 Å². The lowest BCUT2D eigenvalue weighted by atomic mass is 10.3. The van der Waals surface area contributed by atoms with Crippen LogP contribution in [0.25, 0.3) is 0 Å². The number of aromatic nitrogens is 1. The van der Waals surface area contributed by atoms with Crippen molar-refractivity contribution in [3.63, 3.8) is 0 Å². The molecule has 0 unspecified atom stereocenters. The van der Waals surface area contributed by atoms with Gasteiger partial charge in [0.15, 0.2) is 0 Å². The summed E-state index contributed by atoms with van der Waals surface area (Å²) >= 11 is 5.73. The Morgan fingerprint density at radius 2 is 2.31 bits per heavy atom. The van der Waals surface area contributed by atoms with E-state index in [9.17, 15) is 0 Å². The summed E-state index contributed by atoms with van der Waals surface area (Å²) in [5, 5.41) is 9.62. The Morgan fingerprint density at radius 3 is 2.85 bits per heavy atom. The Balaban J connectivity index is 2.71. The monoisotopic (exact) mass is 200 g/mol. The maximum Gasteiger partial charge on any atom is 0.131 e.